The van der Waals surface area contributed by atoms with Crippen LogP contribution in [0, 0.1) is 11.8 Å². The highest BCUT2D eigenvalue weighted by atomic mass is 31.2. The molecule has 0 aliphatic heterocycles. The van der Waals surface area contributed by atoms with Crippen LogP contribution < -0.4 is 0 Å². The van der Waals surface area contributed by atoms with Crippen LogP contribution in [0.2, 0.25) is 0 Å². The fraction of sp³-hybridized carbons (Fsp3) is 0.947. The van der Waals surface area contributed by atoms with Gasteiger partial charge >= 0.3 is 39.5 Å². The van der Waals surface area contributed by atoms with Crippen LogP contribution in [0.15, 0.2) is 0 Å². The zero-order valence-electron chi connectivity index (χ0n) is 61.3. The van der Waals surface area contributed by atoms with Crippen LogP contribution >= 0.6 is 15.6 Å². The lowest BCUT2D eigenvalue weighted by atomic mass is 10.0. The van der Waals surface area contributed by atoms with Crippen LogP contribution in [-0.4, -0.2) is 96.7 Å². The number of aliphatic hydroxyl groups is 1. The number of esters is 4. The maximum atomic E-state index is 13.1. The average Bonchev–Trinajstić information content (AvgIpc) is 1.23. The van der Waals surface area contributed by atoms with Crippen LogP contribution in [0.25, 0.3) is 0 Å². The lowest BCUT2D eigenvalue weighted by Gasteiger charge is -2.21. The summed E-state index contributed by atoms with van der Waals surface area (Å²) >= 11 is 0. The van der Waals surface area contributed by atoms with Gasteiger partial charge in [0.25, 0.3) is 0 Å². The van der Waals surface area contributed by atoms with Crippen molar-refractivity contribution < 1.29 is 80.2 Å². The highest BCUT2D eigenvalue weighted by molar-refractivity contribution is 7.47. The fourth-order valence-corrected chi connectivity index (χ4v) is 13.1. The van der Waals surface area contributed by atoms with E-state index >= 15 is 0 Å². The molecule has 19 heteroatoms. The molecule has 5 atom stereocenters. The Balaban J connectivity index is 5.22. The van der Waals surface area contributed by atoms with Gasteiger partial charge < -0.3 is 33.8 Å². The summed E-state index contributed by atoms with van der Waals surface area (Å²) in [6.45, 7) is 9.54. The van der Waals surface area contributed by atoms with E-state index in [4.69, 9.17) is 37.0 Å². The van der Waals surface area contributed by atoms with E-state index in [1.807, 2.05) is 0 Å². The van der Waals surface area contributed by atoms with Crippen molar-refractivity contribution in [3.63, 3.8) is 0 Å². The van der Waals surface area contributed by atoms with Gasteiger partial charge in [-0.2, -0.15) is 0 Å². The van der Waals surface area contributed by atoms with Crippen molar-refractivity contribution in [1.82, 2.24) is 0 Å². The number of aliphatic hydroxyl groups excluding tert-OH is 1. The molecule has 2 unspecified atom stereocenters. The molecule has 0 fully saturated rings. The molecule has 0 radical (unpaired) electrons. The minimum Gasteiger partial charge on any atom is -0.462 e. The molecule has 0 aromatic carbocycles. The van der Waals surface area contributed by atoms with Crippen molar-refractivity contribution in [3.05, 3.63) is 0 Å². The molecule has 0 aromatic rings. The quantitative estimate of drug-likeness (QED) is 0.0222. The van der Waals surface area contributed by atoms with Gasteiger partial charge in [0.15, 0.2) is 12.2 Å². The number of carbonyl (C=O) groups is 4. The molecular weight excluding hydrogens is 1230 g/mol. The summed E-state index contributed by atoms with van der Waals surface area (Å²) in [5.74, 6) is -0.641. The predicted octanol–water partition coefficient (Wildman–Crippen LogP) is 21.9. The lowest BCUT2D eigenvalue weighted by Crippen LogP contribution is -2.30. The summed E-state index contributed by atoms with van der Waals surface area (Å²) < 4.78 is 68.5. The van der Waals surface area contributed by atoms with Crippen molar-refractivity contribution >= 4 is 39.5 Å². The van der Waals surface area contributed by atoms with Gasteiger partial charge in [0.05, 0.1) is 26.4 Å². The van der Waals surface area contributed by atoms with E-state index in [-0.39, 0.29) is 25.7 Å². The number of phosphoric acid groups is 2. The predicted molar refractivity (Wildman–Crippen MR) is 381 cm³/mol. The molecule has 0 spiro atoms. The second kappa shape index (κ2) is 66.9. The van der Waals surface area contributed by atoms with E-state index < -0.39 is 97.5 Å². The van der Waals surface area contributed by atoms with Gasteiger partial charge in [0.1, 0.15) is 19.3 Å². The Morgan fingerprint density at radius 2 is 0.489 bits per heavy atom. The van der Waals surface area contributed by atoms with Crippen LogP contribution in [0.3, 0.4) is 0 Å². The van der Waals surface area contributed by atoms with Crippen molar-refractivity contribution in [2.24, 2.45) is 11.8 Å². The smallest absolute Gasteiger partial charge is 0.462 e. The summed E-state index contributed by atoms with van der Waals surface area (Å²) in [7, 11) is -9.91. The normalized spacial score (nSPS) is 14.0. The van der Waals surface area contributed by atoms with E-state index in [1.54, 1.807) is 0 Å². The lowest BCUT2D eigenvalue weighted by molar-refractivity contribution is -0.161. The first-order chi connectivity index (χ1) is 45.4. The standard InChI is InChI=1S/C75H146O17P2/c1-7-9-11-13-15-17-19-20-21-22-23-24-25-26-28-34-41-47-53-59-74(79)91-70(63-86-73(78)58-52-46-40-33-30-29-31-37-43-49-55-67(3)4)65-89-93(81,82)87-61-69(76)62-88-94(83,84)90-66-71(92-75(80)60-54-48-42-36-35-38-44-50-56-68(5)6)64-85-72(77)57-51-45-39-32-27-18-16-14-12-10-8-2/h67-71,76H,7-66H2,1-6H3,(H,81,82)(H,83,84)/t69-,70-,71-/m1/s1. The first-order valence-electron chi connectivity index (χ1n) is 39.0. The van der Waals surface area contributed by atoms with Crippen molar-refractivity contribution in [3.8, 4) is 0 Å². The first-order valence-corrected chi connectivity index (χ1v) is 42.0. The summed E-state index contributed by atoms with van der Waals surface area (Å²) in [5, 5.41) is 10.6. The maximum absolute atomic E-state index is 13.1. The molecule has 0 bridgehead atoms. The molecule has 3 N–H and O–H groups in total. The van der Waals surface area contributed by atoms with E-state index in [0.717, 1.165) is 102 Å². The minimum atomic E-state index is -4.96. The Bertz CT molecular complexity index is 1820. The number of hydrogen-bond acceptors (Lipinski definition) is 15. The van der Waals surface area contributed by atoms with E-state index in [2.05, 4.69) is 41.5 Å². The minimum absolute atomic E-state index is 0.105. The fourth-order valence-electron chi connectivity index (χ4n) is 11.5. The molecule has 17 nitrogen and oxygen atoms in total. The number of unbranched alkanes of at least 4 members (excludes halogenated alkanes) is 44. The van der Waals surface area contributed by atoms with E-state index in [9.17, 15) is 43.2 Å². The second-order valence-electron chi connectivity index (χ2n) is 28.0. The third kappa shape index (κ3) is 68.6. The van der Waals surface area contributed by atoms with Gasteiger partial charge in [-0.15, -0.1) is 0 Å². The van der Waals surface area contributed by atoms with Crippen LogP contribution in [0.1, 0.15) is 388 Å². The third-order valence-corrected chi connectivity index (χ3v) is 19.4. The van der Waals surface area contributed by atoms with E-state index in [1.165, 1.54) is 205 Å². The SMILES string of the molecule is CCCCCCCCCCCCCCCCCCCCCC(=O)O[C@H](COC(=O)CCCCCCCCCCCCC(C)C)COP(=O)(O)OC[C@@H](O)COP(=O)(O)OC[C@@H](COC(=O)CCCCCCCCCCCCC)OC(=O)CCCCCCCCCCC(C)C. The molecule has 0 rings (SSSR count). The third-order valence-electron chi connectivity index (χ3n) is 17.5. The number of carbonyl (C=O) groups excluding carboxylic acids is 4. The first kappa shape index (κ1) is 92.1. The molecule has 558 valence electrons. The topological polar surface area (TPSA) is 237 Å². The Kier molecular flexibility index (Phi) is 65.5. The summed E-state index contributed by atoms with van der Waals surface area (Å²) in [4.78, 5) is 72.7. The largest absolute Gasteiger partial charge is 0.472 e. The average molecular weight is 1380 g/mol. The van der Waals surface area contributed by atoms with Crippen molar-refractivity contribution in [2.45, 2.75) is 407 Å². The molecular formula is C75H146O17P2. The summed E-state index contributed by atoms with van der Waals surface area (Å²) in [5.41, 5.74) is 0. The van der Waals surface area contributed by atoms with Crippen LogP contribution in [0.4, 0.5) is 0 Å². The Morgan fingerprint density at radius 1 is 0.287 bits per heavy atom. The Hall–Kier alpha value is -1.94. The van der Waals surface area contributed by atoms with Gasteiger partial charge in [0.2, 0.25) is 0 Å². The zero-order chi connectivity index (χ0) is 69.3. The van der Waals surface area contributed by atoms with Gasteiger partial charge in [-0.3, -0.25) is 37.3 Å². The van der Waals surface area contributed by atoms with Gasteiger partial charge in [-0.25, -0.2) is 9.13 Å². The number of hydrogen-bond donors (Lipinski definition) is 3. The van der Waals surface area contributed by atoms with Gasteiger partial charge in [-0.05, 0) is 37.5 Å². The summed E-state index contributed by atoms with van der Waals surface area (Å²) in [6, 6.07) is 0. The van der Waals surface area contributed by atoms with Crippen LogP contribution in [-0.2, 0) is 65.4 Å². The molecule has 0 amide bonds. The number of phosphoric ester groups is 2. The van der Waals surface area contributed by atoms with E-state index in [0.29, 0.717) is 25.7 Å². The molecule has 0 saturated carbocycles. The summed E-state index contributed by atoms with van der Waals surface area (Å²) in [6.07, 6.45) is 54.2. The van der Waals surface area contributed by atoms with Crippen molar-refractivity contribution in [1.29, 1.82) is 0 Å². The highest BCUT2D eigenvalue weighted by Gasteiger charge is 2.30. The van der Waals surface area contributed by atoms with Crippen LogP contribution in [0.5, 0.6) is 0 Å². The highest BCUT2D eigenvalue weighted by Crippen LogP contribution is 2.45. The Labute approximate surface area is 575 Å². The Morgan fingerprint density at radius 3 is 0.723 bits per heavy atom. The molecule has 0 aliphatic rings. The van der Waals surface area contributed by atoms with Gasteiger partial charge in [-0.1, -0.05) is 337 Å². The zero-order valence-corrected chi connectivity index (χ0v) is 63.1. The van der Waals surface area contributed by atoms with Crippen molar-refractivity contribution in [2.75, 3.05) is 39.6 Å². The van der Waals surface area contributed by atoms with Gasteiger partial charge in [0, 0.05) is 25.7 Å². The second-order valence-corrected chi connectivity index (χ2v) is 30.9. The molecule has 0 heterocycles. The molecule has 0 aromatic heterocycles. The molecule has 0 saturated heterocycles. The maximum Gasteiger partial charge on any atom is 0.472 e. The molecule has 0 aliphatic carbocycles. The number of ether oxygens (including phenoxy) is 4. The monoisotopic (exact) mass is 1380 g/mol. The number of rotatable bonds is 74. The molecule has 94 heavy (non-hydrogen) atoms.